The third kappa shape index (κ3) is 3.65. The number of benzene rings is 1. The van der Waals surface area contributed by atoms with Gasteiger partial charge < -0.3 is 4.98 Å². The lowest BCUT2D eigenvalue weighted by Crippen LogP contribution is -2.14. The molecular weight excluding hydrogens is 289 g/mol. The van der Waals surface area contributed by atoms with Crippen LogP contribution in [0.2, 0.25) is 5.02 Å². The molecule has 0 saturated heterocycles. The summed E-state index contributed by atoms with van der Waals surface area (Å²) in [4.78, 5) is 15.6. The number of aryl methyl sites for hydroxylation is 1. The van der Waals surface area contributed by atoms with Crippen LogP contribution in [0.4, 0.5) is 4.39 Å². The second kappa shape index (κ2) is 7.08. The van der Waals surface area contributed by atoms with E-state index in [1.165, 1.54) is 25.3 Å². The fourth-order valence-corrected chi connectivity index (χ4v) is 2.91. The Balaban J connectivity index is 2.30. The van der Waals surface area contributed by atoms with E-state index in [-0.39, 0.29) is 10.8 Å². The molecule has 2 aromatic rings. The van der Waals surface area contributed by atoms with E-state index >= 15 is 0 Å². The standard InChI is InChI=1S/C17H21ClFNO/c1-3-4-5-6-7-8-13-11(2)20-15-10-12(18)9-14(19)16(15)17(13)21/h9-10H,3-8H2,1-2H3,(H,20,21). The van der Waals surface area contributed by atoms with Crippen LogP contribution in [-0.4, -0.2) is 4.98 Å². The van der Waals surface area contributed by atoms with Gasteiger partial charge in [0.05, 0.1) is 10.9 Å². The molecule has 1 heterocycles. The van der Waals surface area contributed by atoms with E-state index < -0.39 is 5.82 Å². The van der Waals surface area contributed by atoms with Crippen LogP contribution in [-0.2, 0) is 6.42 Å². The lowest BCUT2D eigenvalue weighted by molar-refractivity contribution is 0.628. The van der Waals surface area contributed by atoms with E-state index in [0.717, 1.165) is 18.5 Å². The van der Waals surface area contributed by atoms with Crippen molar-refractivity contribution < 1.29 is 4.39 Å². The van der Waals surface area contributed by atoms with Gasteiger partial charge in [0.25, 0.3) is 0 Å². The van der Waals surface area contributed by atoms with Gasteiger partial charge in [0.1, 0.15) is 5.82 Å². The van der Waals surface area contributed by atoms with E-state index in [9.17, 15) is 9.18 Å². The summed E-state index contributed by atoms with van der Waals surface area (Å²) >= 11 is 5.84. The van der Waals surface area contributed by atoms with Crippen molar-refractivity contribution in [3.63, 3.8) is 0 Å². The van der Waals surface area contributed by atoms with Gasteiger partial charge in [-0.3, -0.25) is 4.79 Å². The Bertz CT molecular complexity index is 693. The van der Waals surface area contributed by atoms with Gasteiger partial charge in [-0.05, 0) is 31.9 Å². The van der Waals surface area contributed by atoms with Gasteiger partial charge in [0.15, 0.2) is 5.43 Å². The molecule has 0 aliphatic rings. The van der Waals surface area contributed by atoms with Crippen molar-refractivity contribution in [2.45, 2.75) is 52.4 Å². The van der Waals surface area contributed by atoms with E-state index in [1.54, 1.807) is 6.07 Å². The average molecular weight is 310 g/mol. The van der Waals surface area contributed by atoms with E-state index in [2.05, 4.69) is 11.9 Å². The maximum atomic E-state index is 14.0. The molecule has 0 bridgehead atoms. The highest BCUT2D eigenvalue weighted by Gasteiger charge is 2.13. The first-order chi connectivity index (χ1) is 10.0. The predicted molar refractivity (Wildman–Crippen MR) is 86.7 cm³/mol. The van der Waals surface area contributed by atoms with Gasteiger partial charge in [-0.2, -0.15) is 0 Å². The average Bonchev–Trinajstić information content (AvgIpc) is 2.40. The Labute approximate surface area is 129 Å². The number of aromatic nitrogens is 1. The molecule has 21 heavy (non-hydrogen) atoms. The fourth-order valence-electron chi connectivity index (χ4n) is 2.71. The zero-order valence-electron chi connectivity index (χ0n) is 12.6. The van der Waals surface area contributed by atoms with Crippen molar-refractivity contribution in [1.82, 2.24) is 4.98 Å². The lowest BCUT2D eigenvalue weighted by atomic mass is 10.0. The maximum absolute atomic E-state index is 14.0. The minimum atomic E-state index is -0.550. The molecule has 0 amide bonds. The molecule has 4 heteroatoms. The van der Waals surface area contributed by atoms with Crippen LogP contribution in [0.3, 0.4) is 0 Å². The first-order valence-corrected chi connectivity index (χ1v) is 7.93. The van der Waals surface area contributed by atoms with Gasteiger partial charge in [0, 0.05) is 16.3 Å². The highest BCUT2D eigenvalue weighted by atomic mass is 35.5. The smallest absolute Gasteiger partial charge is 0.195 e. The van der Waals surface area contributed by atoms with Crippen molar-refractivity contribution in [1.29, 1.82) is 0 Å². The van der Waals surface area contributed by atoms with Crippen molar-refractivity contribution in [3.05, 3.63) is 44.5 Å². The molecule has 1 N–H and O–H groups in total. The number of halogens is 2. The molecular formula is C17H21ClFNO. The summed E-state index contributed by atoms with van der Waals surface area (Å²) in [5, 5.41) is 0.413. The number of aromatic amines is 1. The van der Waals surface area contributed by atoms with Gasteiger partial charge in [0.2, 0.25) is 0 Å². The Morgan fingerprint density at radius 3 is 2.62 bits per heavy atom. The second-order valence-electron chi connectivity index (χ2n) is 5.53. The number of pyridine rings is 1. The number of nitrogens with one attached hydrogen (secondary N) is 1. The summed E-state index contributed by atoms with van der Waals surface area (Å²) in [5.41, 5.74) is 1.77. The van der Waals surface area contributed by atoms with E-state index in [4.69, 9.17) is 11.6 Å². The number of unbranched alkanes of at least 4 members (excludes halogenated alkanes) is 4. The number of hydrogen-bond donors (Lipinski definition) is 1. The molecule has 114 valence electrons. The van der Waals surface area contributed by atoms with Crippen molar-refractivity contribution in [2.75, 3.05) is 0 Å². The Morgan fingerprint density at radius 2 is 1.90 bits per heavy atom. The topological polar surface area (TPSA) is 32.9 Å². The lowest BCUT2D eigenvalue weighted by Gasteiger charge is -2.09. The zero-order chi connectivity index (χ0) is 15.4. The second-order valence-corrected chi connectivity index (χ2v) is 5.97. The summed E-state index contributed by atoms with van der Waals surface area (Å²) in [6, 6.07) is 2.79. The van der Waals surface area contributed by atoms with Gasteiger partial charge in [-0.15, -0.1) is 0 Å². The van der Waals surface area contributed by atoms with Crippen LogP contribution in [0.15, 0.2) is 16.9 Å². The molecule has 2 nitrogen and oxygen atoms in total. The highest BCUT2D eigenvalue weighted by molar-refractivity contribution is 6.31. The van der Waals surface area contributed by atoms with Crippen molar-refractivity contribution >= 4 is 22.5 Å². The predicted octanol–water partition coefficient (Wildman–Crippen LogP) is 5.14. The third-order valence-electron chi connectivity index (χ3n) is 3.86. The largest absolute Gasteiger partial charge is 0.358 e. The zero-order valence-corrected chi connectivity index (χ0v) is 13.3. The van der Waals surface area contributed by atoms with Crippen molar-refractivity contribution in [3.8, 4) is 0 Å². The molecule has 0 saturated carbocycles. The van der Waals surface area contributed by atoms with Crippen LogP contribution in [0, 0.1) is 12.7 Å². The number of hydrogen-bond acceptors (Lipinski definition) is 1. The molecule has 0 fully saturated rings. The molecule has 0 aliphatic heterocycles. The summed E-state index contributed by atoms with van der Waals surface area (Å²) in [6.45, 7) is 4.03. The summed E-state index contributed by atoms with van der Waals surface area (Å²) in [5.74, 6) is -0.550. The molecule has 0 spiro atoms. The van der Waals surface area contributed by atoms with Gasteiger partial charge in [-0.1, -0.05) is 44.2 Å². The summed E-state index contributed by atoms with van der Waals surface area (Å²) in [7, 11) is 0. The van der Waals surface area contributed by atoms with Crippen LogP contribution >= 0.6 is 11.6 Å². The normalized spacial score (nSPS) is 11.2. The number of rotatable bonds is 6. The van der Waals surface area contributed by atoms with E-state index in [0.29, 0.717) is 22.5 Å². The molecule has 0 radical (unpaired) electrons. The van der Waals surface area contributed by atoms with Gasteiger partial charge >= 0.3 is 0 Å². The quantitative estimate of drug-likeness (QED) is 0.736. The minimum Gasteiger partial charge on any atom is -0.358 e. The summed E-state index contributed by atoms with van der Waals surface area (Å²) < 4.78 is 14.0. The Morgan fingerprint density at radius 1 is 1.19 bits per heavy atom. The number of H-pyrrole nitrogens is 1. The third-order valence-corrected chi connectivity index (χ3v) is 4.08. The SMILES string of the molecule is CCCCCCCc1c(C)[nH]c2cc(Cl)cc(F)c2c1=O. The molecule has 0 aliphatic carbocycles. The molecule has 0 atom stereocenters. The van der Waals surface area contributed by atoms with Crippen LogP contribution < -0.4 is 5.43 Å². The maximum Gasteiger partial charge on any atom is 0.195 e. The van der Waals surface area contributed by atoms with Crippen LogP contribution in [0.1, 0.15) is 50.3 Å². The highest BCUT2D eigenvalue weighted by Crippen LogP contribution is 2.21. The minimum absolute atomic E-state index is 0.119. The molecule has 1 aromatic carbocycles. The first kappa shape index (κ1) is 16.0. The first-order valence-electron chi connectivity index (χ1n) is 7.55. The monoisotopic (exact) mass is 309 g/mol. The van der Waals surface area contributed by atoms with E-state index in [1.807, 2.05) is 6.92 Å². The summed E-state index contributed by atoms with van der Waals surface area (Å²) in [6.07, 6.45) is 6.37. The Hall–Kier alpha value is -1.35. The van der Waals surface area contributed by atoms with Crippen LogP contribution in [0.25, 0.3) is 10.9 Å². The number of fused-ring (bicyclic) bond motifs is 1. The molecule has 2 rings (SSSR count). The molecule has 0 unspecified atom stereocenters. The fraction of sp³-hybridized carbons (Fsp3) is 0.471. The Kier molecular flexibility index (Phi) is 5.40. The molecule has 1 aromatic heterocycles. The van der Waals surface area contributed by atoms with Crippen molar-refractivity contribution in [2.24, 2.45) is 0 Å². The van der Waals surface area contributed by atoms with Gasteiger partial charge in [-0.25, -0.2) is 4.39 Å². The van der Waals surface area contributed by atoms with Crippen LogP contribution in [0.5, 0.6) is 0 Å².